The summed E-state index contributed by atoms with van der Waals surface area (Å²) in [7, 11) is 0. The summed E-state index contributed by atoms with van der Waals surface area (Å²) in [5.41, 5.74) is 4.50. The molecule has 4 rings (SSSR count). The lowest BCUT2D eigenvalue weighted by Crippen LogP contribution is -2.22. The highest BCUT2D eigenvalue weighted by molar-refractivity contribution is 8.00. The number of nitro benzene ring substituents is 1. The number of amides is 1. The highest BCUT2D eigenvalue weighted by Crippen LogP contribution is 2.31. The van der Waals surface area contributed by atoms with Crippen LogP contribution in [-0.4, -0.2) is 35.8 Å². The van der Waals surface area contributed by atoms with Gasteiger partial charge in [0.2, 0.25) is 5.91 Å². The molecule has 172 valence electrons. The van der Waals surface area contributed by atoms with Crippen LogP contribution in [0.25, 0.3) is 17.1 Å². The first kappa shape index (κ1) is 23.1. The van der Waals surface area contributed by atoms with Crippen LogP contribution in [0.5, 0.6) is 0 Å². The fourth-order valence-electron chi connectivity index (χ4n) is 3.25. The number of carbonyl (C=O) groups excluding carboxylic acids is 1. The molecule has 2 aromatic carbocycles. The smallest absolute Gasteiger partial charge is 0.269 e. The molecule has 0 bridgehead atoms. The van der Waals surface area contributed by atoms with Crippen molar-refractivity contribution in [3.63, 3.8) is 0 Å². The Morgan fingerprint density at radius 3 is 2.38 bits per heavy atom. The lowest BCUT2D eigenvalue weighted by molar-refractivity contribution is -0.384. The maximum Gasteiger partial charge on any atom is 0.269 e. The Kier molecular flexibility index (Phi) is 6.69. The van der Waals surface area contributed by atoms with Crippen molar-refractivity contribution in [2.75, 3.05) is 5.32 Å². The van der Waals surface area contributed by atoms with Crippen LogP contribution in [0.15, 0.2) is 72.1 Å². The number of hydrogen-bond donors (Lipinski definition) is 1. The average molecular weight is 475 g/mol. The molecule has 4 aromatic rings. The maximum absolute atomic E-state index is 12.8. The van der Waals surface area contributed by atoms with Gasteiger partial charge in [-0.2, -0.15) is 0 Å². The summed E-state index contributed by atoms with van der Waals surface area (Å²) in [5, 5.41) is 22.5. The maximum atomic E-state index is 12.8. The Morgan fingerprint density at radius 2 is 1.74 bits per heavy atom. The molecule has 0 saturated carbocycles. The number of thioether (sulfide) groups is 1. The van der Waals surface area contributed by atoms with Gasteiger partial charge in [-0.15, -0.1) is 10.2 Å². The normalized spacial score (nSPS) is 11.7. The Hall–Kier alpha value is -4.05. The monoisotopic (exact) mass is 474 g/mol. The predicted molar refractivity (Wildman–Crippen MR) is 131 cm³/mol. The number of aryl methyl sites for hydroxylation is 2. The fourth-order valence-corrected chi connectivity index (χ4v) is 4.12. The van der Waals surface area contributed by atoms with Gasteiger partial charge >= 0.3 is 0 Å². The highest BCUT2D eigenvalue weighted by atomic mass is 32.2. The molecular weight excluding hydrogens is 452 g/mol. The molecule has 10 heteroatoms. The molecule has 0 aliphatic rings. The molecule has 0 radical (unpaired) electrons. The molecule has 9 nitrogen and oxygen atoms in total. The number of hydrogen-bond acceptors (Lipinski definition) is 7. The minimum Gasteiger partial charge on any atom is -0.325 e. The molecule has 1 amide bonds. The number of carbonyl (C=O) groups is 1. The van der Waals surface area contributed by atoms with Crippen molar-refractivity contribution in [3.8, 4) is 17.1 Å². The SMILES string of the molecule is Cc1ccc(-n2c(SC(C)C(=O)Nc3ccc([N+](=O)[O-])cc3)nnc2-c2ccncc2)cc1C. The standard InChI is InChI=1S/C24H22N6O3S/c1-15-4-7-21(14-16(15)2)29-22(18-10-12-25-13-11-18)27-28-24(29)34-17(3)23(31)26-19-5-8-20(9-6-19)30(32)33/h4-14,17H,1-3H3,(H,26,31). The fraction of sp³-hybridized carbons (Fsp3) is 0.167. The topological polar surface area (TPSA) is 116 Å². The third-order valence-electron chi connectivity index (χ3n) is 5.32. The quantitative estimate of drug-likeness (QED) is 0.228. The molecule has 0 aliphatic carbocycles. The number of non-ortho nitro benzene ring substituents is 1. The van der Waals surface area contributed by atoms with Gasteiger partial charge < -0.3 is 5.32 Å². The second kappa shape index (κ2) is 9.84. The third-order valence-corrected chi connectivity index (χ3v) is 6.36. The van der Waals surface area contributed by atoms with Gasteiger partial charge in [-0.05, 0) is 68.3 Å². The van der Waals surface area contributed by atoms with E-state index in [-0.39, 0.29) is 11.6 Å². The molecule has 34 heavy (non-hydrogen) atoms. The summed E-state index contributed by atoms with van der Waals surface area (Å²) in [6, 6.07) is 15.5. The van der Waals surface area contributed by atoms with E-state index in [1.54, 1.807) is 19.3 Å². The predicted octanol–water partition coefficient (Wildman–Crippen LogP) is 4.97. The van der Waals surface area contributed by atoms with E-state index in [4.69, 9.17) is 0 Å². The number of nitrogens with one attached hydrogen (secondary N) is 1. The average Bonchev–Trinajstić information content (AvgIpc) is 3.25. The summed E-state index contributed by atoms with van der Waals surface area (Å²) in [6.45, 7) is 5.87. The molecule has 1 atom stereocenters. The van der Waals surface area contributed by atoms with Crippen molar-refractivity contribution >= 4 is 29.0 Å². The van der Waals surface area contributed by atoms with Gasteiger partial charge in [0, 0.05) is 35.8 Å². The Bertz CT molecular complexity index is 1340. The van der Waals surface area contributed by atoms with Gasteiger partial charge in [0.25, 0.3) is 5.69 Å². The second-order valence-corrected chi connectivity index (χ2v) is 9.01. The summed E-state index contributed by atoms with van der Waals surface area (Å²) in [5.74, 6) is 0.398. The summed E-state index contributed by atoms with van der Waals surface area (Å²) in [4.78, 5) is 27.3. The number of aromatic nitrogens is 4. The molecular formula is C24H22N6O3S. The van der Waals surface area contributed by atoms with Crippen molar-refractivity contribution in [1.29, 1.82) is 0 Å². The zero-order valence-electron chi connectivity index (χ0n) is 18.8. The molecule has 0 aliphatic heterocycles. The zero-order chi connectivity index (χ0) is 24.2. The minimum atomic E-state index is -0.505. The number of nitrogens with zero attached hydrogens (tertiary/aromatic N) is 5. The lowest BCUT2D eigenvalue weighted by atomic mass is 10.1. The number of anilines is 1. The first-order valence-corrected chi connectivity index (χ1v) is 11.4. The van der Waals surface area contributed by atoms with Crippen LogP contribution in [0.2, 0.25) is 0 Å². The number of nitro groups is 1. The molecule has 2 heterocycles. The van der Waals surface area contributed by atoms with E-state index in [0.717, 1.165) is 16.8 Å². The van der Waals surface area contributed by atoms with Crippen LogP contribution in [-0.2, 0) is 4.79 Å². The molecule has 1 unspecified atom stereocenters. The molecule has 1 N–H and O–H groups in total. The van der Waals surface area contributed by atoms with Crippen molar-refractivity contribution in [2.24, 2.45) is 0 Å². The molecule has 0 spiro atoms. The van der Waals surface area contributed by atoms with Crippen LogP contribution in [0.3, 0.4) is 0 Å². The number of benzene rings is 2. The van der Waals surface area contributed by atoms with Gasteiger partial charge in [-0.3, -0.25) is 24.5 Å². The number of pyridine rings is 1. The second-order valence-electron chi connectivity index (χ2n) is 7.70. The van der Waals surface area contributed by atoms with Gasteiger partial charge in [0.15, 0.2) is 11.0 Å². The third kappa shape index (κ3) is 4.96. The Labute approximate surface area is 200 Å². The van der Waals surface area contributed by atoms with E-state index in [1.165, 1.54) is 41.6 Å². The van der Waals surface area contributed by atoms with Crippen LogP contribution in [0, 0.1) is 24.0 Å². The van der Waals surface area contributed by atoms with E-state index < -0.39 is 10.2 Å². The van der Waals surface area contributed by atoms with Crippen LogP contribution in [0.4, 0.5) is 11.4 Å². The summed E-state index contributed by atoms with van der Waals surface area (Å²) < 4.78 is 1.93. The lowest BCUT2D eigenvalue weighted by Gasteiger charge is -2.15. The molecule has 0 saturated heterocycles. The van der Waals surface area contributed by atoms with Crippen LogP contribution < -0.4 is 5.32 Å². The van der Waals surface area contributed by atoms with Gasteiger partial charge in [-0.1, -0.05) is 17.8 Å². The van der Waals surface area contributed by atoms with E-state index >= 15 is 0 Å². The van der Waals surface area contributed by atoms with Crippen LogP contribution >= 0.6 is 11.8 Å². The van der Waals surface area contributed by atoms with E-state index in [0.29, 0.717) is 16.7 Å². The number of rotatable bonds is 7. The highest BCUT2D eigenvalue weighted by Gasteiger charge is 2.22. The largest absolute Gasteiger partial charge is 0.325 e. The zero-order valence-corrected chi connectivity index (χ0v) is 19.6. The summed E-state index contributed by atoms with van der Waals surface area (Å²) >= 11 is 1.28. The first-order chi connectivity index (χ1) is 16.3. The molecule has 2 aromatic heterocycles. The van der Waals surface area contributed by atoms with Gasteiger partial charge in [-0.25, -0.2) is 0 Å². The molecule has 0 fully saturated rings. The van der Waals surface area contributed by atoms with E-state index in [9.17, 15) is 14.9 Å². The Balaban J connectivity index is 1.62. The minimum absolute atomic E-state index is 0.0365. The van der Waals surface area contributed by atoms with Crippen molar-refractivity contribution in [3.05, 3.63) is 88.2 Å². The first-order valence-electron chi connectivity index (χ1n) is 10.5. The van der Waals surface area contributed by atoms with E-state index in [2.05, 4.69) is 33.5 Å². The Morgan fingerprint density at radius 1 is 1.03 bits per heavy atom. The van der Waals surface area contributed by atoms with Crippen molar-refractivity contribution in [2.45, 2.75) is 31.2 Å². The van der Waals surface area contributed by atoms with Crippen LogP contribution in [0.1, 0.15) is 18.1 Å². The van der Waals surface area contributed by atoms with E-state index in [1.807, 2.05) is 35.8 Å². The van der Waals surface area contributed by atoms with Crippen molar-refractivity contribution in [1.82, 2.24) is 19.7 Å². The van der Waals surface area contributed by atoms with Crippen molar-refractivity contribution < 1.29 is 9.72 Å². The van der Waals surface area contributed by atoms with Gasteiger partial charge in [0.1, 0.15) is 0 Å². The summed E-state index contributed by atoms with van der Waals surface area (Å²) in [6.07, 6.45) is 3.39. The van der Waals surface area contributed by atoms with Gasteiger partial charge in [0.05, 0.1) is 15.9 Å².